The Bertz CT molecular complexity index is 1480. The van der Waals surface area contributed by atoms with Crippen molar-refractivity contribution in [2.45, 2.75) is 57.1 Å². The van der Waals surface area contributed by atoms with Gasteiger partial charge in [0.1, 0.15) is 10.6 Å². The number of halogens is 2. The van der Waals surface area contributed by atoms with Crippen LogP contribution >= 0.6 is 23.2 Å². The summed E-state index contributed by atoms with van der Waals surface area (Å²) < 4.78 is 35.5. The first-order valence-corrected chi connectivity index (χ1v) is 15.9. The molecule has 4 rings (SSSR count). The van der Waals surface area contributed by atoms with Crippen molar-refractivity contribution in [2.75, 3.05) is 20.2 Å². The number of nitrogens with one attached hydrogen (secondary N) is 2. The zero-order valence-corrected chi connectivity index (χ0v) is 26.1. The lowest BCUT2D eigenvalue weighted by atomic mass is 9.97. The van der Waals surface area contributed by atoms with E-state index in [0.29, 0.717) is 35.1 Å². The fourth-order valence-electron chi connectivity index (χ4n) is 5.13. The van der Waals surface area contributed by atoms with Crippen LogP contribution in [0.25, 0.3) is 0 Å². The average molecular weight is 619 g/mol. The topological polar surface area (TPSA) is 87.7 Å². The second kappa shape index (κ2) is 13.6. The summed E-state index contributed by atoms with van der Waals surface area (Å²) in [6, 6.07) is 17.0. The fourth-order valence-corrected chi connectivity index (χ4v) is 7.16. The summed E-state index contributed by atoms with van der Waals surface area (Å²) in [5.41, 5.74) is 3.20. The minimum absolute atomic E-state index is 0.0508. The Morgan fingerprint density at radius 1 is 1.10 bits per heavy atom. The van der Waals surface area contributed by atoms with E-state index in [1.165, 1.54) is 12.1 Å². The molecule has 2 unspecified atom stereocenters. The number of nitrogens with zero attached hydrogens (tertiary/aromatic N) is 1. The van der Waals surface area contributed by atoms with Gasteiger partial charge in [-0.15, -0.1) is 0 Å². The van der Waals surface area contributed by atoms with Crippen LogP contribution in [0.1, 0.15) is 61.0 Å². The Morgan fingerprint density at radius 2 is 1.83 bits per heavy atom. The first-order valence-electron chi connectivity index (χ1n) is 13.7. The number of rotatable bonds is 11. The molecule has 7 nitrogen and oxygen atoms in total. The van der Waals surface area contributed by atoms with Gasteiger partial charge < -0.3 is 15.0 Å². The smallest absolute Gasteiger partial charge is 0.242 e. The predicted molar refractivity (Wildman–Crippen MR) is 164 cm³/mol. The van der Waals surface area contributed by atoms with Gasteiger partial charge in [-0.3, -0.25) is 4.79 Å². The second-order valence-electron chi connectivity index (χ2n) is 11.0. The monoisotopic (exact) mass is 617 g/mol. The number of sulfonamides is 1. The van der Waals surface area contributed by atoms with Gasteiger partial charge in [0.15, 0.2) is 0 Å². The number of carbonyl (C=O) groups is 1. The van der Waals surface area contributed by atoms with E-state index in [0.717, 1.165) is 30.0 Å². The van der Waals surface area contributed by atoms with Crippen molar-refractivity contribution in [3.05, 3.63) is 93.0 Å². The molecule has 0 radical (unpaired) electrons. The van der Waals surface area contributed by atoms with E-state index in [2.05, 4.69) is 41.9 Å². The standard InChI is InChI=1S/C31H37Cl2N3O4S/c1-20(2)18-36(4)19-22-10-11-24-26(14-15-40-28(24)16-22)34-30(37)17-27(23-8-6-5-7-9-23)35-41(38,39)29-13-12-25(32)21(3)31(29)33/h5-13,16,20,26-27,35H,14-15,17-19H2,1-4H3,(H,34,37). The van der Waals surface area contributed by atoms with Crippen molar-refractivity contribution < 1.29 is 17.9 Å². The van der Waals surface area contributed by atoms with E-state index >= 15 is 0 Å². The van der Waals surface area contributed by atoms with Gasteiger partial charge in [0, 0.05) is 36.5 Å². The molecule has 3 aromatic carbocycles. The molecule has 220 valence electrons. The van der Waals surface area contributed by atoms with Crippen molar-refractivity contribution in [3.8, 4) is 5.75 Å². The van der Waals surface area contributed by atoms with Crippen LogP contribution in [0, 0.1) is 12.8 Å². The van der Waals surface area contributed by atoms with Crippen LogP contribution in [0.15, 0.2) is 65.6 Å². The average Bonchev–Trinajstić information content (AvgIpc) is 2.91. The molecular formula is C31H37Cl2N3O4S. The fraction of sp³-hybridized carbons (Fsp3) is 0.387. The summed E-state index contributed by atoms with van der Waals surface area (Å²) in [6.45, 7) is 8.33. The molecule has 2 atom stereocenters. The van der Waals surface area contributed by atoms with E-state index < -0.39 is 16.1 Å². The molecule has 1 amide bonds. The molecule has 1 heterocycles. The molecule has 0 saturated heterocycles. The predicted octanol–water partition coefficient (Wildman–Crippen LogP) is 6.44. The van der Waals surface area contributed by atoms with E-state index in [9.17, 15) is 13.2 Å². The molecule has 1 aliphatic heterocycles. The number of hydrogen-bond donors (Lipinski definition) is 2. The molecule has 41 heavy (non-hydrogen) atoms. The lowest BCUT2D eigenvalue weighted by Crippen LogP contribution is -2.36. The minimum atomic E-state index is -4.07. The third kappa shape index (κ3) is 8.02. The van der Waals surface area contributed by atoms with Gasteiger partial charge in [-0.05, 0) is 54.8 Å². The Labute approximate surface area is 253 Å². The van der Waals surface area contributed by atoms with E-state index in [-0.39, 0.29) is 28.3 Å². The first kappa shape index (κ1) is 31.3. The van der Waals surface area contributed by atoms with Gasteiger partial charge in [0.25, 0.3) is 0 Å². The number of benzene rings is 3. The molecule has 2 N–H and O–H groups in total. The Balaban J connectivity index is 1.51. The third-order valence-electron chi connectivity index (χ3n) is 7.05. The number of ether oxygens (including phenoxy) is 1. The molecule has 0 bridgehead atoms. The van der Waals surface area contributed by atoms with Crippen molar-refractivity contribution in [2.24, 2.45) is 5.92 Å². The summed E-state index contributed by atoms with van der Waals surface area (Å²) in [6.07, 6.45) is 0.519. The molecule has 0 aliphatic carbocycles. The number of hydrogen-bond acceptors (Lipinski definition) is 5. The number of fused-ring (bicyclic) bond motifs is 1. The van der Waals surface area contributed by atoms with Crippen molar-refractivity contribution >= 4 is 39.1 Å². The zero-order valence-electron chi connectivity index (χ0n) is 23.8. The van der Waals surface area contributed by atoms with Crippen LogP contribution < -0.4 is 14.8 Å². The van der Waals surface area contributed by atoms with E-state index in [1.54, 1.807) is 31.2 Å². The van der Waals surface area contributed by atoms with Gasteiger partial charge in [0.05, 0.1) is 23.7 Å². The maximum atomic E-state index is 13.4. The van der Waals surface area contributed by atoms with Crippen LogP contribution in [0.3, 0.4) is 0 Å². The maximum Gasteiger partial charge on any atom is 0.242 e. The first-order chi connectivity index (χ1) is 19.4. The van der Waals surface area contributed by atoms with Crippen LogP contribution in [0.5, 0.6) is 5.75 Å². The SMILES string of the molecule is Cc1c(Cl)ccc(S(=O)(=O)NC(CC(=O)NC2CCOc3cc(CN(C)CC(C)C)ccc32)c2ccccc2)c1Cl. The highest BCUT2D eigenvalue weighted by molar-refractivity contribution is 7.89. The summed E-state index contributed by atoms with van der Waals surface area (Å²) >= 11 is 12.5. The van der Waals surface area contributed by atoms with Crippen LogP contribution in [-0.2, 0) is 21.4 Å². The molecule has 0 fully saturated rings. The highest BCUT2D eigenvalue weighted by Gasteiger charge is 2.29. The number of carbonyl (C=O) groups excluding carboxylic acids is 1. The summed E-state index contributed by atoms with van der Waals surface area (Å²) in [5.74, 6) is 1.06. The van der Waals surface area contributed by atoms with Gasteiger partial charge in [-0.25, -0.2) is 13.1 Å². The highest BCUT2D eigenvalue weighted by atomic mass is 35.5. The van der Waals surface area contributed by atoms with E-state index in [1.807, 2.05) is 18.2 Å². The van der Waals surface area contributed by atoms with Gasteiger partial charge >= 0.3 is 0 Å². The van der Waals surface area contributed by atoms with Crippen molar-refractivity contribution in [1.82, 2.24) is 14.9 Å². The van der Waals surface area contributed by atoms with Crippen LogP contribution in [0.4, 0.5) is 0 Å². The normalized spacial score (nSPS) is 15.9. The number of amides is 1. The van der Waals surface area contributed by atoms with Gasteiger partial charge in [-0.1, -0.05) is 79.5 Å². The minimum Gasteiger partial charge on any atom is -0.493 e. The van der Waals surface area contributed by atoms with Gasteiger partial charge in [0.2, 0.25) is 15.9 Å². The quantitative estimate of drug-likeness (QED) is 0.258. The van der Waals surface area contributed by atoms with E-state index in [4.69, 9.17) is 27.9 Å². The van der Waals surface area contributed by atoms with Gasteiger partial charge in [-0.2, -0.15) is 0 Å². The highest BCUT2D eigenvalue weighted by Crippen LogP contribution is 2.34. The molecule has 1 aliphatic rings. The molecule has 0 saturated carbocycles. The summed E-state index contributed by atoms with van der Waals surface area (Å²) in [5, 5.41) is 3.53. The third-order valence-corrected chi connectivity index (χ3v) is 9.57. The Morgan fingerprint density at radius 3 is 2.54 bits per heavy atom. The zero-order chi connectivity index (χ0) is 29.7. The summed E-state index contributed by atoms with van der Waals surface area (Å²) in [4.78, 5) is 15.6. The molecule has 0 aromatic heterocycles. The summed E-state index contributed by atoms with van der Waals surface area (Å²) in [7, 11) is -1.97. The Kier molecular flexibility index (Phi) is 10.4. The van der Waals surface area contributed by atoms with Crippen molar-refractivity contribution in [3.63, 3.8) is 0 Å². The lowest BCUT2D eigenvalue weighted by Gasteiger charge is -2.28. The van der Waals surface area contributed by atoms with Crippen LogP contribution in [0.2, 0.25) is 10.0 Å². The molecule has 3 aromatic rings. The Hall–Kier alpha value is -2.62. The molecule has 0 spiro atoms. The molecular weight excluding hydrogens is 581 g/mol. The maximum absolute atomic E-state index is 13.4. The largest absolute Gasteiger partial charge is 0.493 e. The second-order valence-corrected chi connectivity index (χ2v) is 13.5. The van der Waals surface area contributed by atoms with Crippen molar-refractivity contribution in [1.29, 1.82) is 0 Å². The lowest BCUT2D eigenvalue weighted by molar-refractivity contribution is -0.122. The van der Waals surface area contributed by atoms with Crippen LogP contribution in [-0.4, -0.2) is 39.4 Å². The molecule has 10 heteroatoms.